The molecule has 29 heavy (non-hydrogen) atoms. The molecular weight excluding hydrogens is 364 g/mol. The molecule has 0 unspecified atom stereocenters. The number of fused-ring (bicyclic) bond motifs is 1. The van der Waals surface area contributed by atoms with Crippen LogP contribution >= 0.6 is 0 Å². The summed E-state index contributed by atoms with van der Waals surface area (Å²) < 4.78 is 0. The van der Waals surface area contributed by atoms with Crippen molar-refractivity contribution < 1.29 is 9.90 Å². The van der Waals surface area contributed by atoms with Gasteiger partial charge in [0, 0.05) is 37.1 Å². The van der Waals surface area contributed by atoms with Crippen LogP contribution in [0, 0.1) is 6.92 Å². The van der Waals surface area contributed by atoms with Crippen LogP contribution in [0.4, 0.5) is 5.82 Å². The van der Waals surface area contributed by atoms with Crippen LogP contribution in [-0.2, 0) is 4.79 Å². The van der Waals surface area contributed by atoms with Crippen LogP contribution in [0.1, 0.15) is 18.9 Å². The summed E-state index contributed by atoms with van der Waals surface area (Å²) in [5, 5.41) is 10.9. The van der Waals surface area contributed by atoms with Crippen molar-refractivity contribution in [3.63, 3.8) is 0 Å². The second-order valence-electron chi connectivity index (χ2n) is 7.44. The van der Waals surface area contributed by atoms with Gasteiger partial charge >= 0.3 is 0 Å². The fraction of sp³-hybridized carbons (Fsp3) is 0.348. The number of hydrogen-bond donors (Lipinski definition) is 1. The Morgan fingerprint density at radius 3 is 2.45 bits per heavy atom. The summed E-state index contributed by atoms with van der Waals surface area (Å²) in [6.45, 7) is 6.39. The van der Waals surface area contributed by atoms with E-state index in [1.54, 1.807) is 4.90 Å². The van der Waals surface area contributed by atoms with Gasteiger partial charge in [0.2, 0.25) is 0 Å². The van der Waals surface area contributed by atoms with Crippen molar-refractivity contribution in [1.29, 1.82) is 0 Å². The number of piperazine rings is 1. The van der Waals surface area contributed by atoms with E-state index in [2.05, 4.69) is 17.9 Å². The minimum absolute atomic E-state index is 0.180. The average molecular weight is 390 g/mol. The Morgan fingerprint density at radius 1 is 1.03 bits per heavy atom. The zero-order valence-electron chi connectivity index (χ0n) is 16.9. The standard InChI is InChI=1S/C23H26N4O2/c1-3-20(28)23(29)27-14-12-26(13-15-27)22-18-10-6-7-11-19(18)24-21(25-22)17-9-5-4-8-16(17)2/h4-11,20,28H,3,12-15H2,1-2H3/t20-/m1/s1. The first-order valence-electron chi connectivity index (χ1n) is 10.1. The van der Waals surface area contributed by atoms with Gasteiger partial charge < -0.3 is 14.9 Å². The van der Waals surface area contributed by atoms with E-state index in [4.69, 9.17) is 9.97 Å². The van der Waals surface area contributed by atoms with Gasteiger partial charge in [0.05, 0.1) is 5.52 Å². The molecular formula is C23H26N4O2. The van der Waals surface area contributed by atoms with Gasteiger partial charge in [0.1, 0.15) is 11.9 Å². The maximum absolute atomic E-state index is 12.3. The van der Waals surface area contributed by atoms with Crippen molar-refractivity contribution in [3.8, 4) is 11.4 Å². The summed E-state index contributed by atoms with van der Waals surface area (Å²) >= 11 is 0. The molecule has 0 spiro atoms. The number of anilines is 1. The molecule has 150 valence electrons. The molecule has 1 saturated heterocycles. The lowest BCUT2D eigenvalue weighted by atomic mass is 10.1. The Balaban J connectivity index is 1.67. The molecule has 1 aromatic heterocycles. The maximum atomic E-state index is 12.3. The van der Waals surface area contributed by atoms with Crippen molar-refractivity contribution in [1.82, 2.24) is 14.9 Å². The zero-order valence-corrected chi connectivity index (χ0v) is 16.9. The van der Waals surface area contributed by atoms with Gasteiger partial charge in [-0.25, -0.2) is 9.97 Å². The van der Waals surface area contributed by atoms with Gasteiger partial charge in [-0.3, -0.25) is 4.79 Å². The zero-order chi connectivity index (χ0) is 20.4. The van der Waals surface area contributed by atoms with Crippen LogP contribution in [-0.4, -0.2) is 58.2 Å². The van der Waals surface area contributed by atoms with Crippen LogP contribution in [0.5, 0.6) is 0 Å². The Labute approximate surface area is 170 Å². The molecule has 1 atom stereocenters. The molecule has 3 aromatic rings. The lowest BCUT2D eigenvalue weighted by Crippen LogP contribution is -2.51. The highest BCUT2D eigenvalue weighted by atomic mass is 16.3. The summed E-state index contributed by atoms with van der Waals surface area (Å²) in [7, 11) is 0. The molecule has 1 fully saturated rings. The van der Waals surface area contributed by atoms with Crippen LogP contribution in [0.3, 0.4) is 0 Å². The molecule has 1 amide bonds. The second-order valence-corrected chi connectivity index (χ2v) is 7.44. The number of benzene rings is 2. The molecule has 0 radical (unpaired) electrons. The quantitative estimate of drug-likeness (QED) is 0.742. The summed E-state index contributed by atoms with van der Waals surface area (Å²) in [4.78, 5) is 26.0. The monoisotopic (exact) mass is 390 g/mol. The molecule has 1 aliphatic heterocycles. The molecule has 1 aliphatic rings. The van der Waals surface area contributed by atoms with E-state index >= 15 is 0 Å². The van der Waals surface area contributed by atoms with E-state index < -0.39 is 6.10 Å². The van der Waals surface area contributed by atoms with E-state index in [9.17, 15) is 9.90 Å². The highest BCUT2D eigenvalue weighted by molar-refractivity contribution is 5.91. The summed E-state index contributed by atoms with van der Waals surface area (Å²) in [5.74, 6) is 1.44. The third-order valence-electron chi connectivity index (χ3n) is 5.53. The third-order valence-corrected chi connectivity index (χ3v) is 5.53. The van der Waals surface area contributed by atoms with E-state index in [-0.39, 0.29) is 5.91 Å². The Bertz CT molecular complexity index is 1030. The molecule has 0 aliphatic carbocycles. The van der Waals surface area contributed by atoms with Crippen molar-refractivity contribution in [2.45, 2.75) is 26.4 Å². The number of para-hydroxylation sites is 1. The summed E-state index contributed by atoms with van der Waals surface area (Å²) in [5.41, 5.74) is 3.08. The first-order chi connectivity index (χ1) is 14.1. The van der Waals surface area contributed by atoms with E-state index in [0.29, 0.717) is 32.6 Å². The first kappa shape index (κ1) is 19.3. The highest BCUT2D eigenvalue weighted by Gasteiger charge is 2.26. The van der Waals surface area contributed by atoms with Crippen LogP contribution in [0.15, 0.2) is 48.5 Å². The fourth-order valence-corrected chi connectivity index (χ4v) is 3.77. The predicted octanol–water partition coefficient (Wildman–Crippen LogP) is 3.02. The van der Waals surface area contributed by atoms with Gasteiger partial charge in [-0.15, -0.1) is 0 Å². The van der Waals surface area contributed by atoms with Crippen molar-refractivity contribution >= 4 is 22.6 Å². The molecule has 4 rings (SSSR count). The smallest absolute Gasteiger partial charge is 0.251 e. The van der Waals surface area contributed by atoms with E-state index in [1.165, 1.54) is 0 Å². The summed E-state index contributed by atoms with van der Waals surface area (Å²) in [6, 6.07) is 16.2. The van der Waals surface area contributed by atoms with Crippen LogP contribution in [0.25, 0.3) is 22.3 Å². The molecule has 0 saturated carbocycles. The molecule has 6 heteroatoms. The van der Waals surface area contributed by atoms with Crippen molar-refractivity contribution in [3.05, 3.63) is 54.1 Å². The molecule has 6 nitrogen and oxygen atoms in total. The maximum Gasteiger partial charge on any atom is 0.251 e. The number of aliphatic hydroxyl groups is 1. The molecule has 0 bridgehead atoms. The predicted molar refractivity (Wildman–Crippen MR) is 115 cm³/mol. The first-order valence-corrected chi connectivity index (χ1v) is 10.1. The van der Waals surface area contributed by atoms with Crippen molar-refractivity contribution in [2.75, 3.05) is 31.1 Å². The third kappa shape index (κ3) is 3.80. The van der Waals surface area contributed by atoms with Gasteiger partial charge in [0.25, 0.3) is 5.91 Å². The number of carbonyl (C=O) groups is 1. The fourth-order valence-electron chi connectivity index (χ4n) is 3.77. The van der Waals surface area contributed by atoms with E-state index in [0.717, 1.165) is 33.7 Å². The van der Waals surface area contributed by atoms with Gasteiger partial charge in [0.15, 0.2) is 5.82 Å². The lowest BCUT2D eigenvalue weighted by Gasteiger charge is -2.36. The van der Waals surface area contributed by atoms with Gasteiger partial charge in [-0.2, -0.15) is 0 Å². The number of rotatable bonds is 4. The number of amides is 1. The SMILES string of the molecule is CC[C@@H](O)C(=O)N1CCN(c2nc(-c3ccccc3C)nc3ccccc23)CC1. The minimum Gasteiger partial charge on any atom is -0.383 e. The van der Waals surface area contributed by atoms with Crippen LogP contribution in [0.2, 0.25) is 0 Å². The lowest BCUT2D eigenvalue weighted by molar-refractivity contribution is -0.140. The highest BCUT2D eigenvalue weighted by Crippen LogP contribution is 2.29. The number of nitrogens with zero attached hydrogens (tertiary/aromatic N) is 4. The average Bonchev–Trinajstić information content (AvgIpc) is 2.77. The number of aromatic nitrogens is 2. The van der Waals surface area contributed by atoms with Crippen molar-refractivity contribution in [2.24, 2.45) is 0 Å². The molecule has 2 heterocycles. The number of aliphatic hydroxyl groups excluding tert-OH is 1. The topological polar surface area (TPSA) is 69.6 Å². The number of carbonyl (C=O) groups excluding carboxylic acids is 1. The van der Waals surface area contributed by atoms with E-state index in [1.807, 2.05) is 49.4 Å². The Morgan fingerprint density at radius 2 is 1.72 bits per heavy atom. The molecule has 1 N–H and O–H groups in total. The summed E-state index contributed by atoms with van der Waals surface area (Å²) in [6.07, 6.45) is -0.468. The largest absolute Gasteiger partial charge is 0.383 e. The van der Waals surface area contributed by atoms with Gasteiger partial charge in [-0.1, -0.05) is 43.3 Å². The van der Waals surface area contributed by atoms with Crippen LogP contribution < -0.4 is 4.90 Å². The normalized spacial score (nSPS) is 15.6. The molecule has 2 aromatic carbocycles. The minimum atomic E-state index is -0.908. The van der Waals surface area contributed by atoms with Gasteiger partial charge in [-0.05, 0) is 31.0 Å². The number of hydrogen-bond acceptors (Lipinski definition) is 5. The Hall–Kier alpha value is -2.99. The second kappa shape index (κ2) is 8.17. The number of aryl methyl sites for hydroxylation is 1. The Kier molecular flexibility index (Phi) is 5.45.